The van der Waals surface area contributed by atoms with E-state index in [-0.39, 0.29) is 4.90 Å². The molecule has 6 nitrogen and oxygen atoms in total. The molecule has 1 aliphatic rings. The standard InChI is InChI=1S/C12H20N4O2S/c1-2-13-12-14-8-11(9-15-12)19(17,18)16-7-10-5-3-4-6-10/h8-10,16H,2-7H2,1H3,(H,13,14,15). The molecule has 0 atom stereocenters. The van der Waals surface area contributed by atoms with Crippen LogP contribution in [0.15, 0.2) is 17.3 Å². The second-order valence-electron chi connectivity index (χ2n) is 4.78. The number of nitrogens with one attached hydrogen (secondary N) is 2. The van der Waals surface area contributed by atoms with Crippen LogP contribution in [0.4, 0.5) is 5.95 Å². The summed E-state index contributed by atoms with van der Waals surface area (Å²) in [6.45, 7) is 3.14. The molecule has 0 aromatic carbocycles. The van der Waals surface area contributed by atoms with E-state index in [1.807, 2.05) is 6.92 Å². The van der Waals surface area contributed by atoms with E-state index in [2.05, 4.69) is 20.0 Å². The number of sulfonamides is 1. The largest absolute Gasteiger partial charge is 0.355 e. The van der Waals surface area contributed by atoms with Crippen molar-refractivity contribution in [3.63, 3.8) is 0 Å². The van der Waals surface area contributed by atoms with Gasteiger partial charge in [0.2, 0.25) is 16.0 Å². The average molecular weight is 284 g/mol. The lowest BCUT2D eigenvalue weighted by Gasteiger charge is -2.11. The van der Waals surface area contributed by atoms with E-state index in [1.165, 1.54) is 25.2 Å². The molecule has 2 rings (SSSR count). The van der Waals surface area contributed by atoms with E-state index >= 15 is 0 Å². The first-order valence-electron chi connectivity index (χ1n) is 6.67. The Hall–Kier alpha value is -1.21. The van der Waals surface area contributed by atoms with E-state index in [1.54, 1.807) is 0 Å². The molecular weight excluding hydrogens is 264 g/mol. The Balaban J connectivity index is 1.97. The van der Waals surface area contributed by atoms with E-state index in [4.69, 9.17) is 0 Å². The maximum Gasteiger partial charge on any atom is 0.243 e. The van der Waals surface area contributed by atoms with Crippen LogP contribution >= 0.6 is 0 Å². The van der Waals surface area contributed by atoms with Crippen molar-refractivity contribution in [2.24, 2.45) is 5.92 Å². The molecule has 0 saturated heterocycles. The van der Waals surface area contributed by atoms with Crippen LogP contribution in [0.3, 0.4) is 0 Å². The first-order chi connectivity index (χ1) is 9.12. The van der Waals surface area contributed by atoms with Gasteiger partial charge in [-0.2, -0.15) is 0 Å². The van der Waals surface area contributed by atoms with Crippen LogP contribution in [-0.4, -0.2) is 31.5 Å². The summed E-state index contributed by atoms with van der Waals surface area (Å²) in [5.41, 5.74) is 0. The molecule has 0 aliphatic heterocycles. The Bertz CT molecular complexity index is 495. The van der Waals surface area contributed by atoms with Gasteiger partial charge in [0.05, 0.1) is 12.4 Å². The second kappa shape index (κ2) is 6.29. The van der Waals surface area contributed by atoms with E-state index in [9.17, 15) is 8.42 Å². The molecule has 0 amide bonds. The van der Waals surface area contributed by atoms with Crippen LogP contribution in [0.25, 0.3) is 0 Å². The molecule has 2 N–H and O–H groups in total. The van der Waals surface area contributed by atoms with Crippen molar-refractivity contribution >= 4 is 16.0 Å². The van der Waals surface area contributed by atoms with Gasteiger partial charge in [-0.15, -0.1) is 0 Å². The summed E-state index contributed by atoms with van der Waals surface area (Å²) < 4.78 is 26.7. The fourth-order valence-corrected chi connectivity index (χ4v) is 3.23. The van der Waals surface area contributed by atoms with Gasteiger partial charge >= 0.3 is 0 Å². The molecule has 1 aliphatic carbocycles. The first kappa shape index (κ1) is 14.2. The third-order valence-corrected chi connectivity index (χ3v) is 4.69. The summed E-state index contributed by atoms with van der Waals surface area (Å²) in [6, 6.07) is 0. The average Bonchev–Trinajstić information content (AvgIpc) is 2.91. The summed E-state index contributed by atoms with van der Waals surface area (Å²) in [5.74, 6) is 0.911. The van der Waals surface area contributed by atoms with Crippen LogP contribution in [0.2, 0.25) is 0 Å². The number of nitrogens with zero attached hydrogens (tertiary/aromatic N) is 2. The quantitative estimate of drug-likeness (QED) is 0.824. The van der Waals surface area contributed by atoms with Gasteiger partial charge in [0.15, 0.2) is 0 Å². The van der Waals surface area contributed by atoms with Gasteiger partial charge in [-0.3, -0.25) is 0 Å². The number of hydrogen-bond acceptors (Lipinski definition) is 5. The monoisotopic (exact) mass is 284 g/mol. The molecule has 1 aromatic rings. The summed E-state index contributed by atoms with van der Waals surface area (Å²) in [6.07, 6.45) is 7.29. The van der Waals surface area contributed by atoms with E-state index in [0.717, 1.165) is 12.8 Å². The third-order valence-electron chi connectivity index (χ3n) is 3.31. The van der Waals surface area contributed by atoms with Crippen LogP contribution in [0, 0.1) is 5.92 Å². The van der Waals surface area contributed by atoms with Gasteiger partial charge < -0.3 is 5.32 Å². The molecule has 19 heavy (non-hydrogen) atoms. The van der Waals surface area contributed by atoms with Crippen LogP contribution in [-0.2, 0) is 10.0 Å². The van der Waals surface area contributed by atoms with Crippen LogP contribution in [0.5, 0.6) is 0 Å². The lowest BCUT2D eigenvalue weighted by molar-refractivity contribution is 0.519. The molecular formula is C12H20N4O2S. The molecule has 0 spiro atoms. The van der Waals surface area contributed by atoms with E-state index in [0.29, 0.717) is 25.0 Å². The fourth-order valence-electron chi connectivity index (χ4n) is 2.23. The highest BCUT2D eigenvalue weighted by Gasteiger charge is 2.20. The van der Waals surface area contributed by atoms with Gasteiger partial charge in [0, 0.05) is 13.1 Å². The summed E-state index contributed by atoms with van der Waals surface area (Å²) in [4.78, 5) is 8.06. The van der Waals surface area contributed by atoms with Crippen molar-refractivity contribution < 1.29 is 8.42 Å². The van der Waals surface area contributed by atoms with Crippen molar-refractivity contribution in [1.29, 1.82) is 0 Å². The number of aromatic nitrogens is 2. The highest BCUT2D eigenvalue weighted by molar-refractivity contribution is 7.89. The molecule has 0 radical (unpaired) electrons. The number of hydrogen-bond donors (Lipinski definition) is 2. The maximum absolute atomic E-state index is 12.0. The molecule has 0 unspecified atom stereocenters. The highest BCUT2D eigenvalue weighted by Crippen LogP contribution is 2.24. The Labute approximate surface area is 114 Å². The van der Waals surface area contributed by atoms with Gasteiger partial charge in [0.1, 0.15) is 4.90 Å². The van der Waals surface area contributed by atoms with Crippen molar-refractivity contribution in [3.05, 3.63) is 12.4 Å². The van der Waals surface area contributed by atoms with Crippen molar-refractivity contribution in [3.8, 4) is 0 Å². The maximum atomic E-state index is 12.0. The van der Waals surface area contributed by atoms with Gasteiger partial charge in [0.25, 0.3) is 0 Å². The van der Waals surface area contributed by atoms with Crippen LogP contribution < -0.4 is 10.0 Å². The first-order valence-corrected chi connectivity index (χ1v) is 8.15. The van der Waals surface area contributed by atoms with Crippen LogP contribution in [0.1, 0.15) is 32.6 Å². The minimum Gasteiger partial charge on any atom is -0.355 e. The molecule has 106 valence electrons. The number of rotatable bonds is 6. The van der Waals surface area contributed by atoms with Crippen molar-refractivity contribution in [1.82, 2.24) is 14.7 Å². The Morgan fingerprint density at radius 3 is 2.47 bits per heavy atom. The lowest BCUT2D eigenvalue weighted by atomic mass is 10.1. The topological polar surface area (TPSA) is 84.0 Å². The third kappa shape index (κ3) is 3.87. The summed E-state index contributed by atoms with van der Waals surface area (Å²) >= 11 is 0. The zero-order valence-electron chi connectivity index (χ0n) is 11.1. The normalized spacial score (nSPS) is 16.7. The summed E-state index contributed by atoms with van der Waals surface area (Å²) in [5, 5.41) is 2.93. The molecule has 1 aromatic heterocycles. The molecule has 1 fully saturated rings. The predicted octanol–water partition coefficient (Wildman–Crippen LogP) is 1.38. The Kier molecular flexibility index (Phi) is 4.71. The second-order valence-corrected chi connectivity index (χ2v) is 6.54. The summed E-state index contributed by atoms with van der Waals surface area (Å²) in [7, 11) is -3.48. The van der Waals surface area contributed by atoms with Gasteiger partial charge in [-0.25, -0.2) is 23.1 Å². The van der Waals surface area contributed by atoms with E-state index < -0.39 is 10.0 Å². The molecule has 1 heterocycles. The zero-order valence-corrected chi connectivity index (χ0v) is 11.9. The SMILES string of the molecule is CCNc1ncc(S(=O)(=O)NCC2CCCC2)cn1. The van der Waals surface area contributed by atoms with Crippen molar-refractivity contribution in [2.75, 3.05) is 18.4 Å². The fraction of sp³-hybridized carbons (Fsp3) is 0.667. The predicted molar refractivity (Wildman–Crippen MR) is 73.3 cm³/mol. The van der Waals surface area contributed by atoms with Gasteiger partial charge in [-0.1, -0.05) is 12.8 Å². The Morgan fingerprint density at radius 2 is 1.89 bits per heavy atom. The van der Waals surface area contributed by atoms with Gasteiger partial charge in [-0.05, 0) is 25.7 Å². The molecule has 0 bridgehead atoms. The number of anilines is 1. The smallest absolute Gasteiger partial charge is 0.243 e. The highest BCUT2D eigenvalue weighted by atomic mass is 32.2. The lowest BCUT2D eigenvalue weighted by Crippen LogP contribution is -2.28. The minimum absolute atomic E-state index is 0.118. The Morgan fingerprint density at radius 1 is 1.26 bits per heavy atom. The molecule has 1 saturated carbocycles. The molecule has 7 heteroatoms. The minimum atomic E-state index is -3.48. The zero-order chi connectivity index (χ0) is 13.7. The van der Waals surface area contributed by atoms with Crippen molar-refractivity contribution in [2.45, 2.75) is 37.5 Å².